The van der Waals surface area contributed by atoms with Crippen LogP contribution in [-0.4, -0.2) is 51.2 Å². The Kier molecular flexibility index (Phi) is 10.8. The second-order valence-corrected chi connectivity index (χ2v) is 18.6. The highest BCUT2D eigenvalue weighted by Crippen LogP contribution is 2.28. The molecule has 6 nitrogen and oxygen atoms in total. The molecule has 0 bridgehead atoms. The Hall–Kier alpha value is -0.299. The van der Waals surface area contributed by atoms with Gasteiger partial charge in [-0.2, -0.15) is 0 Å². The predicted molar refractivity (Wildman–Crippen MR) is 113 cm³/mol. The van der Waals surface area contributed by atoms with Gasteiger partial charge in [-0.05, 0) is 59.6 Å². The van der Waals surface area contributed by atoms with Gasteiger partial charge in [0.15, 0.2) is 6.10 Å². The normalized spacial score (nSPS) is 16.2. The van der Waals surface area contributed by atoms with Crippen LogP contribution in [0.3, 0.4) is 0 Å². The minimum Gasteiger partial charge on any atom is -0.453 e. The summed E-state index contributed by atoms with van der Waals surface area (Å²) in [6, 6.07) is 1.11. The SMILES string of the molecule is C=C(C)C(=O)OC(C)(CCC[SiH3])C(COO[Si](C)(C)C)OO[Si](C)(C)C. The highest BCUT2D eigenvalue weighted by Gasteiger charge is 2.41. The zero-order valence-corrected chi connectivity index (χ0v) is 22.1. The van der Waals surface area contributed by atoms with Crippen LogP contribution in [-0.2, 0) is 28.5 Å². The number of esters is 1. The van der Waals surface area contributed by atoms with Crippen LogP contribution in [0.4, 0.5) is 0 Å². The number of hydrogen-bond donors (Lipinski definition) is 0. The number of rotatable bonds is 13. The highest BCUT2D eigenvalue weighted by atomic mass is 28.4. The van der Waals surface area contributed by atoms with Crippen molar-refractivity contribution in [2.24, 2.45) is 0 Å². The first kappa shape index (κ1) is 25.7. The first-order valence-corrected chi connectivity index (χ1v) is 17.5. The second-order valence-electron chi connectivity index (χ2n) is 8.85. The van der Waals surface area contributed by atoms with Gasteiger partial charge in [0.05, 0.1) is 0 Å². The molecule has 0 aromatic heterocycles. The molecular formula is C17H38O6Si3. The Morgan fingerprint density at radius 3 is 2.08 bits per heavy atom. The second kappa shape index (κ2) is 10.9. The summed E-state index contributed by atoms with van der Waals surface area (Å²) >= 11 is 0. The van der Waals surface area contributed by atoms with Crippen molar-refractivity contribution in [2.75, 3.05) is 6.61 Å². The topological polar surface area (TPSA) is 63.2 Å². The first-order valence-electron chi connectivity index (χ1n) is 9.24. The molecule has 9 heteroatoms. The summed E-state index contributed by atoms with van der Waals surface area (Å²) in [7, 11) is -2.68. The van der Waals surface area contributed by atoms with E-state index >= 15 is 0 Å². The molecule has 2 atom stereocenters. The molecule has 0 fully saturated rings. The Bertz CT molecular complexity index is 458. The van der Waals surface area contributed by atoms with E-state index in [1.165, 1.54) is 0 Å². The lowest BCUT2D eigenvalue weighted by Gasteiger charge is -2.37. The van der Waals surface area contributed by atoms with Gasteiger partial charge in [-0.1, -0.05) is 19.0 Å². The highest BCUT2D eigenvalue weighted by molar-refractivity contribution is 6.69. The first-order chi connectivity index (χ1) is 11.7. The molecule has 0 radical (unpaired) electrons. The average molecular weight is 423 g/mol. The molecule has 26 heavy (non-hydrogen) atoms. The summed E-state index contributed by atoms with van der Waals surface area (Å²) in [6.45, 7) is 19.5. The number of carbonyl (C=O) groups excluding carboxylic acids is 1. The summed E-state index contributed by atoms with van der Waals surface area (Å²) in [6.07, 6.45) is 1.00. The molecule has 0 spiro atoms. The van der Waals surface area contributed by atoms with Gasteiger partial charge in [-0.15, -0.1) is 0 Å². The average Bonchev–Trinajstić information content (AvgIpc) is 2.46. The van der Waals surface area contributed by atoms with Crippen LogP contribution in [0.1, 0.15) is 26.7 Å². The molecule has 0 heterocycles. The van der Waals surface area contributed by atoms with Crippen molar-refractivity contribution in [2.45, 2.75) is 83.7 Å². The van der Waals surface area contributed by atoms with Crippen LogP contribution < -0.4 is 0 Å². The number of carbonyl (C=O) groups is 1. The van der Waals surface area contributed by atoms with Crippen molar-refractivity contribution in [3.63, 3.8) is 0 Å². The van der Waals surface area contributed by atoms with Crippen LogP contribution in [0.25, 0.3) is 0 Å². The van der Waals surface area contributed by atoms with Crippen LogP contribution >= 0.6 is 0 Å². The molecule has 154 valence electrons. The predicted octanol–water partition coefficient (Wildman–Crippen LogP) is 3.36. The third-order valence-electron chi connectivity index (χ3n) is 3.32. The standard InChI is InChI=1S/C17H38O6Si3/c1-14(2)16(18)20-17(3,11-10-12-24)15(21-23-26(7,8)9)13-19-22-25(4,5)6/h15H,1,10-13H2,2-9,24H3. The fourth-order valence-corrected chi connectivity index (χ4v) is 3.07. The molecule has 0 saturated carbocycles. The van der Waals surface area contributed by atoms with Gasteiger partial charge >= 0.3 is 5.97 Å². The lowest BCUT2D eigenvalue weighted by atomic mass is 9.93. The van der Waals surface area contributed by atoms with E-state index in [-0.39, 0.29) is 6.61 Å². The number of hydrogen-bond acceptors (Lipinski definition) is 6. The Morgan fingerprint density at radius 1 is 1.12 bits per heavy atom. The third kappa shape index (κ3) is 11.4. The Labute approximate surface area is 164 Å². The van der Waals surface area contributed by atoms with E-state index in [0.29, 0.717) is 12.0 Å². The largest absolute Gasteiger partial charge is 0.453 e. The van der Waals surface area contributed by atoms with E-state index in [4.69, 9.17) is 23.7 Å². The van der Waals surface area contributed by atoms with Gasteiger partial charge in [0.25, 0.3) is 0 Å². The van der Waals surface area contributed by atoms with E-state index in [9.17, 15) is 4.79 Å². The minimum absolute atomic E-state index is 0.121. The van der Waals surface area contributed by atoms with Crippen molar-refractivity contribution in [3.05, 3.63) is 12.2 Å². The molecule has 0 aromatic rings. The minimum atomic E-state index is -1.93. The van der Waals surface area contributed by atoms with Crippen molar-refractivity contribution in [1.29, 1.82) is 0 Å². The monoisotopic (exact) mass is 422 g/mol. The maximum absolute atomic E-state index is 12.2. The van der Waals surface area contributed by atoms with Crippen LogP contribution in [0, 0.1) is 0 Å². The molecule has 0 aliphatic heterocycles. The quantitative estimate of drug-likeness (QED) is 0.149. The molecule has 2 unspecified atom stereocenters. The van der Waals surface area contributed by atoms with Gasteiger partial charge in [-0.3, -0.25) is 9.15 Å². The number of ether oxygens (including phenoxy) is 1. The maximum Gasteiger partial charge on any atom is 0.333 e. The van der Waals surface area contributed by atoms with E-state index in [2.05, 4.69) is 6.58 Å². The Morgan fingerprint density at radius 2 is 1.65 bits per heavy atom. The summed E-state index contributed by atoms with van der Waals surface area (Å²) in [4.78, 5) is 23.4. The van der Waals surface area contributed by atoms with Gasteiger partial charge < -0.3 is 4.74 Å². The molecule has 0 aliphatic carbocycles. The van der Waals surface area contributed by atoms with Gasteiger partial charge in [0.2, 0.25) is 16.6 Å². The lowest BCUT2D eigenvalue weighted by Crippen LogP contribution is -2.49. The molecule has 0 aromatic carbocycles. The maximum atomic E-state index is 12.2. The van der Waals surface area contributed by atoms with Crippen LogP contribution in [0.2, 0.25) is 45.3 Å². The summed E-state index contributed by atoms with van der Waals surface area (Å²) in [5.74, 6) is -0.437. The van der Waals surface area contributed by atoms with E-state index in [1.807, 2.05) is 46.2 Å². The molecule has 0 saturated heterocycles. The Balaban J connectivity index is 5.37. The van der Waals surface area contributed by atoms with Crippen molar-refractivity contribution < 1.29 is 28.5 Å². The van der Waals surface area contributed by atoms with Crippen molar-refractivity contribution in [3.8, 4) is 0 Å². The van der Waals surface area contributed by atoms with Gasteiger partial charge in [-0.25, -0.2) is 14.6 Å². The molecule has 0 aliphatic rings. The van der Waals surface area contributed by atoms with Crippen molar-refractivity contribution >= 4 is 32.8 Å². The zero-order chi connectivity index (χ0) is 20.6. The van der Waals surface area contributed by atoms with Crippen LogP contribution in [0.5, 0.6) is 0 Å². The van der Waals surface area contributed by atoms with Crippen LogP contribution in [0.15, 0.2) is 12.2 Å². The van der Waals surface area contributed by atoms with Gasteiger partial charge in [0.1, 0.15) is 12.2 Å². The lowest BCUT2D eigenvalue weighted by molar-refractivity contribution is -0.333. The van der Waals surface area contributed by atoms with E-state index < -0.39 is 34.3 Å². The summed E-state index contributed by atoms with van der Waals surface area (Å²) in [5.41, 5.74) is -0.533. The molecule has 0 amide bonds. The fourth-order valence-electron chi connectivity index (χ4n) is 1.89. The fraction of sp³-hybridized carbons (Fsp3) is 0.824. The van der Waals surface area contributed by atoms with E-state index in [0.717, 1.165) is 22.7 Å². The third-order valence-corrected chi connectivity index (χ3v) is 5.25. The summed E-state index contributed by atoms with van der Waals surface area (Å²) < 4.78 is 16.9. The molecule has 0 rings (SSSR count). The van der Waals surface area contributed by atoms with Gasteiger partial charge in [0, 0.05) is 15.8 Å². The van der Waals surface area contributed by atoms with Crippen molar-refractivity contribution in [1.82, 2.24) is 0 Å². The smallest absolute Gasteiger partial charge is 0.333 e. The summed E-state index contributed by atoms with van der Waals surface area (Å²) in [5, 5.41) is 0. The molecular weight excluding hydrogens is 384 g/mol. The molecule has 0 N–H and O–H groups in total. The van der Waals surface area contributed by atoms with E-state index in [1.54, 1.807) is 6.92 Å². The zero-order valence-electron chi connectivity index (χ0n) is 18.1.